The van der Waals surface area contributed by atoms with Gasteiger partial charge in [-0.2, -0.15) is 0 Å². The van der Waals surface area contributed by atoms with E-state index in [4.69, 9.17) is 22.9 Å². The van der Waals surface area contributed by atoms with Crippen LogP contribution < -0.4 is 43.6 Å². The highest BCUT2D eigenvalue weighted by atomic mass is 16.2. The molecule has 0 unspecified atom stereocenters. The summed E-state index contributed by atoms with van der Waals surface area (Å²) in [5.74, 6) is -0.186. The summed E-state index contributed by atoms with van der Waals surface area (Å²) in [6.45, 7) is 6.11. The van der Waals surface area contributed by atoms with Crippen molar-refractivity contribution in [1.82, 2.24) is 10.6 Å². The Morgan fingerprint density at radius 1 is 0.628 bits per heavy atom. The van der Waals surface area contributed by atoms with Crippen LogP contribution in [0.4, 0.5) is 0 Å². The highest BCUT2D eigenvalue weighted by Gasteiger charge is 2.34. The Bertz CT molecular complexity index is 1070. The van der Waals surface area contributed by atoms with Crippen LogP contribution in [0.3, 0.4) is 0 Å². The van der Waals surface area contributed by atoms with Crippen molar-refractivity contribution in [1.29, 1.82) is 0 Å². The number of hydrogen-bond acceptors (Lipinski definition) is 2. The Kier molecular flexibility index (Phi) is 15.1. The highest BCUT2D eigenvalue weighted by molar-refractivity contribution is 5.78. The number of guanidine groups is 2. The maximum Gasteiger partial charge on any atom is 0.339 e. The van der Waals surface area contributed by atoms with E-state index in [9.17, 15) is 9.59 Å². The maximum absolute atomic E-state index is 12.2. The number of benzene rings is 2. The van der Waals surface area contributed by atoms with E-state index in [1.54, 1.807) is 0 Å². The molecule has 0 spiro atoms. The van der Waals surface area contributed by atoms with Crippen molar-refractivity contribution < 1.29 is 19.6 Å². The molecule has 0 saturated heterocycles. The normalized spacial score (nSPS) is 13.6. The summed E-state index contributed by atoms with van der Waals surface area (Å²) in [6.07, 6.45) is 8.85. The van der Waals surface area contributed by atoms with Crippen LogP contribution in [-0.2, 0) is 22.4 Å². The standard InChI is InChI=1S/C33H52N8O2/c1-32(19-15-26-11-5-3-6-12-26,17-9-21-38-28(42)23-40-30(34)35)25-33(2,20-16-27-13-7-4-8-14-27)18-10-22-39-29(43)24-41-31(36)37/h3-8,11-14H,9-10,15-25H2,1-2H3,(H,38,42)(H,39,43)(H4,34,35,40)(H4,36,37,41)/p+2/t32-,33+. The summed E-state index contributed by atoms with van der Waals surface area (Å²) >= 11 is 0. The Hall–Kier alpha value is -4.08. The van der Waals surface area contributed by atoms with E-state index in [-0.39, 0.29) is 47.7 Å². The van der Waals surface area contributed by atoms with Crippen molar-refractivity contribution in [2.24, 2.45) is 33.8 Å². The number of aryl methyl sites for hydroxylation is 2. The van der Waals surface area contributed by atoms with Crippen LogP contribution >= 0.6 is 0 Å². The zero-order valence-corrected chi connectivity index (χ0v) is 26.1. The van der Waals surface area contributed by atoms with Crippen molar-refractivity contribution in [3.8, 4) is 0 Å². The smallest absolute Gasteiger partial charge is 0.339 e. The van der Waals surface area contributed by atoms with Gasteiger partial charge in [-0.3, -0.25) is 42.5 Å². The minimum absolute atomic E-state index is 0.0356. The molecule has 0 aromatic heterocycles. The van der Waals surface area contributed by atoms with Crippen molar-refractivity contribution in [2.75, 3.05) is 26.2 Å². The third kappa shape index (κ3) is 15.6. The van der Waals surface area contributed by atoms with E-state index in [1.807, 2.05) is 0 Å². The second-order valence-electron chi connectivity index (χ2n) is 12.3. The monoisotopic (exact) mass is 594 g/mol. The topological polar surface area (TPSA) is 190 Å². The first-order valence-corrected chi connectivity index (χ1v) is 15.3. The summed E-state index contributed by atoms with van der Waals surface area (Å²) < 4.78 is 0. The van der Waals surface area contributed by atoms with Gasteiger partial charge in [-0.1, -0.05) is 74.5 Å². The fraction of sp³-hybridized carbons (Fsp3) is 0.515. The largest absolute Gasteiger partial charge is 0.353 e. The van der Waals surface area contributed by atoms with Crippen LogP contribution in [0.2, 0.25) is 0 Å². The Balaban J connectivity index is 2.12. The molecule has 10 heteroatoms. The first kappa shape index (κ1) is 35.1. The number of rotatable bonds is 20. The molecule has 0 radical (unpaired) electrons. The fourth-order valence-electron chi connectivity index (χ4n) is 5.79. The molecule has 0 bridgehead atoms. The van der Waals surface area contributed by atoms with Gasteiger partial charge in [-0.15, -0.1) is 0 Å². The van der Waals surface area contributed by atoms with Gasteiger partial charge >= 0.3 is 11.9 Å². The number of hydrogen-bond donors (Lipinski definition) is 8. The molecule has 0 aliphatic rings. The van der Waals surface area contributed by atoms with E-state index in [0.29, 0.717) is 13.1 Å². The van der Waals surface area contributed by atoms with E-state index in [0.717, 1.165) is 57.8 Å². The van der Waals surface area contributed by atoms with Gasteiger partial charge < -0.3 is 10.6 Å². The molecule has 2 atom stereocenters. The third-order valence-corrected chi connectivity index (χ3v) is 8.04. The predicted octanol–water partition coefficient (Wildman–Crippen LogP) is -0.845. The van der Waals surface area contributed by atoms with Crippen molar-refractivity contribution in [2.45, 2.75) is 71.6 Å². The van der Waals surface area contributed by atoms with Crippen LogP contribution in [0, 0.1) is 10.8 Å². The van der Waals surface area contributed by atoms with Crippen LogP contribution in [0.15, 0.2) is 60.7 Å². The van der Waals surface area contributed by atoms with Crippen LogP contribution in [0.5, 0.6) is 0 Å². The average Bonchev–Trinajstić information content (AvgIpc) is 2.98. The predicted molar refractivity (Wildman–Crippen MR) is 173 cm³/mol. The summed E-state index contributed by atoms with van der Waals surface area (Å²) in [7, 11) is 0. The lowest BCUT2D eigenvalue weighted by atomic mass is 9.65. The maximum atomic E-state index is 12.2. The Labute approximate surface area is 257 Å². The molecule has 236 valence electrons. The van der Waals surface area contributed by atoms with Gasteiger partial charge in [0, 0.05) is 13.1 Å². The first-order chi connectivity index (χ1) is 20.5. The number of nitrogens with two attached hydrogens (primary N) is 4. The minimum Gasteiger partial charge on any atom is -0.353 e. The Morgan fingerprint density at radius 3 is 1.35 bits per heavy atom. The second kappa shape index (κ2) is 18.5. The van der Waals surface area contributed by atoms with Gasteiger partial charge in [0.25, 0.3) is 11.8 Å². The zero-order valence-electron chi connectivity index (χ0n) is 26.1. The molecule has 43 heavy (non-hydrogen) atoms. The van der Waals surface area contributed by atoms with Gasteiger partial charge in [-0.05, 0) is 79.7 Å². The molecule has 10 nitrogen and oxygen atoms in total. The lowest BCUT2D eigenvalue weighted by molar-refractivity contribution is -0.446. The van der Waals surface area contributed by atoms with E-state index < -0.39 is 0 Å². The van der Waals surface area contributed by atoms with Crippen LogP contribution in [0.25, 0.3) is 0 Å². The van der Waals surface area contributed by atoms with E-state index in [1.165, 1.54) is 11.1 Å². The van der Waals surface area contributed by atoms with Gasteiger partial charge in [0.1, 0.15) is 13.1 Å². The fourth-order valence-corrected chi connectivity index (χ4v) is 5.79. The second-order valence-corrected chi connectivity index (χ2v) is 12.3. The number of carbonyl (C=O) groups excluding carboxylic acids is 2. The van der Waals surface area contributed by atoms with E-state index >= 15 is 0 Å². The van der Waals surface area contributed by atoms with Gasteiger partial charge in [0.2, 0.25) is 0 Å². The first-order valence-electron chi connectivity index (χ1n) is 15.3. The minimum atomic E-state index is -0.128. The number of amides is 2. The molecule has 0 fully saturated rings. The molecular weight excluding hydrogens is 540 g/mol. The summed E-state index contributed by atoms with van der Waals surface area (Å²) in [6, 6.07) is 21.2. The SMILES string of the molecule is C[C@](CCCNC(=O)C[NH+]=C(N)N)(CCc1ccccc1)C[C@](C)(CCCNC(=O)C[NH+]=C(N)N)CCc1ccccc1. The summed E-state index contributed by atoms with van der Waals surface area (Å²) in [5, 5.41) is 5.95. The molecule has 2 amide bonds. The molecule has 0 saturated carbocycles. The van der Waals surface area contributed by atoms with Crippen molar-refractivity contribution in [3.63, 3.8) is 0 Å². The molecule has 2 rings (SSSR count). The van der Waals surface area contributed by atoms with Crippen LogP contribution in [-0.4, -0.2) is 49.9 Å². The molecule has 2 aromatic carbocycles. The van der Waals surface area contributed by atoms with Crippen molar-refractivity contribution >= 4 is 23.7 Å². The van der Waals surface area contributed by atoms with Gasteiger partial charge in [-0.25, -0.2) is 0 Å². The van der Waals surface area contributed by atoms with Crippen LogP contribution in [0.1, 0.15) is 69.9 Å². The molecular formula is C33H54N8O2+2. The Morgan fingerprint density at radius 2 is 1.00 bits per heavy atom. The summed E-state index contributed by atoms with van der Waals surface area (Å²) in [5.41, 5.74) is 24.4. The molecule has 12 N–H and O–H groups in total. The molecule has 2 aromatic rings. The van der Waals surface area contributed by atoms with E-state index in [2.05, 4.69) is 95.1 Å². The molecule has 0 aliphatic carbocycles. The van der Waals surface area contributed by atoms with Gasteiger partial charge in [0.15, 0.2) is 0 Å². The van der Waals surface area contributed by atoms with Gasteiger partial charge in [0.05, 0.1) is 0 Å². The molecule has 0 heterocycles. The van der Waals surface area contributed by atoms with Crippen molar-refractivity contribution in [3.05, 3.63) is 71.8 Å². The average molecular weight is 595 g/mol. The highest BCUT2D eigenvalue weighted by Crippen LogP contribution is 2.45. The quantitative estimate of drug-likeness (QED) is 0.0560. The number of carbonyl (C=O) groups is 2. The number of nitrogens with one attached hydrogen (secondary N) is 4. The third-order valence-electron chi connectivity index (χ3n) is 8.04. The lowest BCUT2D eigenvalue weighted by Crippen LogP contribution is -2.80. The molecule has 0 aliphatic heterocycles. The summed E-state index contributed by atoms with van der Waals surface area (Å²) in [4.78, 5) is 29.6. The zero-order chi connectivity index (χ0) is 31.6. The lowest BCUT2D eigenvalue weighted by Gasteiger charge is -2.41.